The first-order chi connectivity index (χ1) is 9.24. The number of aryl methyl sites for hydroxylation is 1. The lowest BCUT2D eigenvalue weighted by Crippen LogP contribution is -2.17. The van der Waals surface area contributed by atoms with Crippen molar-refractivity contribution in [2.45, 2.75) is 32.4 Å². The van der Waals surface area contributed by atoms with Crippen LogP contribution in [-0.4, -0.2) is 32.9 Å². The topological polar surface area (TPSA) is 78.8 Å². The van der Waals surface area contributed by atoms with Crippen molar-refractivity contribution >= 4 is 5.69 Å². The zero-order valence-electron chi connectivity index (χ0n) is 10.9. The van der Waals surface area contributed by atoms with E-state index in [1.165, 1.54) is 0 Å². The Balaban J connectivity index is 1.87. The van der Waals surface area contributed by atoms with Crippen LogP contribution in [0, 0.1) is 6.92 Å². The Kier molecular flexibility index (Phi) is 3.16. The summed E-state index contributed by atoms with van der Waals surface area (Å²) in [5.74, 6) is 0.763. The monoisotopic (exact) mass is 259 g/mol. The zero-order valence-corrected chi connectivity index (χ0v) is 10.9. The van der Waals surface area contributed by atoms with Crippen LogP contribution < -0.4 is 5.73 Å². The SMILES string of the molecule is Cc1cc(-c2nnnn2CC2CCCO2)ccc1N. The molecule has 1 atom stereocenters. The molecule has 19 heavy (non-hydrogen) atoms. The van der Waals surface area contributed by atoms with Gasteiger partial charge in [0.15, 0.2) is 5.82 Å². The summed E-state index contributed by atoms with van der Waals surface area (Å²) in [6.07, 6.45) is 2.40. The third kappa shape index (κ3) is 2.44. The molecule has 0 aliphatic carbocycles. The minimum atomic E-state index is 0.220. The molecule has 1 aliphatic rings. The summed E-state index contributed by atoms with van der Waals surface area (Å²) in [4.78, 5) is 0. The lowest BCUT2D eigenvalue weighted by atomic mass is 10.1. The van der Waals surface area contributed by atoms with Crippen LogP contribution in [0.5, 0.6) is 0 Å². The third-order valence-corrected chi connectivity index (χ3v) is 3.46. The predicted octanol–water partition coefficient (Wildman–Crippen LogP) is 1.41. The van der Waals surface area contributed by atoms with E-state index in [0.717, 1.165) is 42.1 Å². The Labute approximate surface area is 111 Å². The molecule has 2 aromatic rings. The van der Waals surface area contributed by atoms with Crippen molar-refractivity contribution in [3.05, 3.63) is 23.8 Å². The van der Waals surface area contributed by atoms with Gasteiger partial charge in [-0.15, -0.1) is 5.10 Å². The van der Waals surface area contributed by atoms with Gasteiger partial charge in [-0.25, -0.2) is 4.68 Å². The maximum absolute atomic E-state index is 5.83. The summed E-state index contributed by atoms with van der Waals surface area (Å²) in [5.41, 5.74) is 8.63. The summed E-state index contributed by atoms with van der Waals surface area (Å²) in [6.45, 7) is 3.52. The Hall–Kier alpha value is -1.95. The molecule has 0 saturated carbocycles. The number of anilines is 1. The standard InChI is InChI=1S/C13H17N5O/c1-9-7-10(4-5-12(9)14)13-15-16-17-18(13)8-11-3-2-6-19-11/h4-5,7,11H,2-3,6,8,14H2,1H3. The molecule has 0 amide bonds. The summed E-state index contributed by atoms with van der Waals surface area (Å²) < 4.78 is 7.43. The van der Waals surface area contributed by atoms with Gasteiger partial charge in [-0.3, -0.25) is 0 Å². The number of benzene rings is 1. The number of tetrazole rings is 1. The Morgan fingerprint density at radius 3 is 3.11 bits per heavy atom. The van der Waals surface area contributed by atoms with E-state index >= 15 is 0 Å². The largest absolute Gasteiger partial charge is 0.399 e. The summed E-state index contributed by atoms with van der Waals surface area (Å²) in [5, 5.41) is 11.9. The van der Waals surface area contributed by atoms with Crippen molar-refractivity contribution in [1.29, 1.82) is 0 Å². The molecule has 6 nitrogen and oxygen atoms in total. The van der Waals surface area contributed by atoms with Gasteiger partial charge in [0.2, 0.25) is 0 Å². The van der Waals surface area contributed by atoms with E-state index in [4.69, 9.17) is 10.5 Å². The van der Waals surface area contributed by atoms with Crippen molar-refractivity contribution < 1.29 is 4.74 Å². The van der Waals surface area contributed by atoms with Gasteiger partial charge in [0.05, 0.1) is 12.6 Å². The molecule has 100 valence electrons. The molecule has 1 unspecified atom stereocenters. The van der Waals surface area contributed by atoms with Crippen LogP contribution in [0.15, 0.2) is 18.2 Å². The highest BCUT2D eigenvalue weighted by atomic mass is 16.5. The van der Waals surface area contributed by atoms with Crippen molar-refractivity contribution in [2.75, 3.05) is 12.3 Å². The lowest BCUT2D eigenvalue weighted by Gasteiger charge is -2.11. The van der Waals surface area contributed by atoms with Crippen molar-refractivity contribution in [2.24, 2.45) is 0 Å². The van der Waals surface area contributed by atoms with Gasteiger partial charge in [-0.1, -0.05) is 0 Å². The van der Waals surface area contributed by atoms with Crippen molar-refractivity contribution in [3.8, 4) is 11.4 Å². The number of hydrogen-bond acceptors (Lipinski definition) is 5. The van der Waals surface area contributed by atoms with Gasteiger partial charge >= 0.3 is 0 Å². The van der Waals surface area contributed by atoms with Crippen molar-refractivity contribution in [1.82, 2.24) is 20.2 Å². The molecule has 0 spiro atoms. The molecule has 1 aliphatic heterocycles. The summed E-state index contributed by atoms with van der Waals surface area (Å²) >= 11 is 0. The zero-order chi connectivity index (χ0) is 13.2. The fourth-order valence-corrected chi connectivity index (χ4v) is 2.33. The summed E-state index contributed by atoms with van der Waals surface area (Å²) in [7, 11) is 0. The fourth-order valence-electron chi connectivity index (χ4n) is 2.33. The van der Waals surface area contributed by atoms with Crippen LogP contribution >= 0.6 is 0 Å². The molecule has 3 rings (SSSR count). The molecule has 1 aromatic carbocycles. The Morgan fingerprint density at radius 2 is 2.37 bits per heavy atom. The number of nitrogen functional groups attached to an aromatic ring is 1. The average molecular weight is 259 g/mol. The first-order valence-corrected chi connectivity index (χ1v) is 6.48. The third-order valence-electron chi connectivity index (χ3n) is 3.46. The van der Waals surface area contributed by atoms with Gasteiger partial charge in [0.1, 0.15) is 0 Å². The Morgan fingerprint density at radius 1 is 1.47 bits per heavy atom. The van der Waals surface area contributed by atoms with Crippen LogP contribution in [0.1, 0.15) is 18.4 Å². The minimum absolute atomic E-state index is 0.220. The molecule has 2 heterocycles. The van der Waals surface area contributed by atoms with E-state index in [9.17, 15) is 0 Å². The lowest BCUT2D eigenvalue weighted by molar-refractivity contribution is 0.0939. The van der Waals surface area contributed by atoms with Crippen LogP contribution in [0.3, 0.4) is 0 Å². The van der Waals surface area contributed by atoms with Gasteiger partial charge in [0, 0.05) is 17.9 Å². The highest BCUT2D eigenvalue weighted by Crippen LogP contribution is 2.22. The van der Waals surface area contributed by atoms with Gasteiger partial charge in [0.25, 0.3) is 0 Å². The smallest absolute Gasteiger partial charge is 0.182 e. The molecule has 0 radical (unpaired) electrons. The quantitative estimate of drug-likeness (QED) is 0.843. The van der Waals surface area contributed by atoms with Crippen molar-refractivity contribution in [3.63, 3.8) is 0 Å². The second-order valence-electron chi connectivity index (χ2n) is 4.89. The second-order valence-corrected chi connectivity index (χ2v) is 4.89. The van der Waals surface area contributed by atoms with E-state index in [2.05, 4.69) is 15.5 Å². The normalized spacial score (nSPS) is 18.9. The minimum Gasteiger partial charge on any atom is -0.399 e. The van der Waals surface area contributed by atoms with E-state index in [1.54, 1.807) is 4.68 Å². The molecule has 6 heteroatoms. The number of nitrogens with zero attached hydrogens (tertiary/aromatic N) is 4. The number of hydrogen-bond donors (Lipinski definition) is 1. The summed E-state index contributed by atoms with van der Waals surface area (Å²) in [6, 6.07) is 5.84. The van der Waals surface area contributed by atoms with Crippen LogP contribution in [0.25, 0.3) is 11.4 Å². The highest BCUT2D eigenvalue weighted by Gasteiger charge is 2.19. The maximum atomic E-state index is 5.83. The van der Waals surface area contributed by atoms with Crippen LogP contribution in [0.4, 0.5) is 5.69 Å². The number of aromatic nitrogens is 4. The first-order valence-electron chi connectivity index (χ1n) is 6.48. The van der Waals surface area contributed by atoms with Crippen LogP contribution in [-0.2, 0) is 11.3 Å². The molecular weight excluding hydrogens is 242 g/mol. The maximum Gasteiger partial charge on any atom is 0.182 e. The molecule has 1 fully saturated rings. The number of rotatable bonds is 3. The molecule has 1 aromatic heterocycles. The number of nitrogens with two attached hydrogens (primary N) is 1. The molecule has 0 bridgehead atoms. The van der Waals surface area contributed by atoms with E-state index in [-0.39, 0.29) is 6.10 Å². The fraction of sp³-hybridized carbons (Fsp3) is 0.462. The van der Waals surface area contributed by atoms with E-state index in [1.807, 2.05) is 25.1 Å². The van der Waals surface area contributed by atoms with Crippen LogP contribution in [0.2, 0.25) is 0 Å². The van der Waals surface area contributed by atoms with Gasteiger partial charge < -0.3 is 10.5 Å². The average Bonchev–Trinajstić information content (AvgIpc) is 3.05. The van der Waals surface area contributed by atoms with Gasteiger partial charge in [-0.05, 0) is 54.0 Å². The Bertz CT molecular complexity index is 574. The van der Waals surface area contributed by atoms with Gasteiger partial charge in [-0.2, -0.15) is 0 Å². The van der Waals surface area contributed by atoms with E-state index in [0.29, 0.717) is 6.54 Å². The van der Waals surface area contributed by atoms with E-state index < -0.39 is 0 Å². The number of ether oxygens (including phenoxy) is 1. The molecule has 2 N–H and O–H groups in total. The highest BCUT2D eigenvalue weighted by molar-refractivity contribution is 5.61. The second kappa shape index (κ2) is 4.97. The predicted molar refractivity (Wildman–Crippen MR) is 71.4 cm³/mol. The molecular formula is C13H17N5O. The first kappa shape index (κ1) is 12.1. The molecule has 1 saturated heterocycles.